The lowest BCUT2D eigenvalue weighted by molar-refractivity contribution is -0.141. The van der Waals surface area contributed by atoms with E-state index in [2.05, 4.69) is 4.99 Å². The first-order valence-electron chi connectivity index (χ1n) is 9.85. The number of methoxy groups -OCH3 is 1. The summed E-state index contributed by atoms with van der Waals surface area (Å²) in [5.74, 6) is 0.187. The van der Waals surface area contributed by atoms with Gasteiger partial charge in [0.25, 0.3) is 5.91 Å². The monoisotopic (exact) mass is 467 g/mol. The van der Waals surface area contributed by atoms with Crippen molar-refractivity contribution in [1.29, 1.82) is 0 Å². The maximum atomic E-state index is 12.4. The van der Waals surface area contributed by atoms with Gasteiger partial charge in [-0.1, -0.05) is 11.3 Å². The van der Waals surface area contributed by atoms with Crippen LogP contribution in [0.2, 0.25) is 0 Å². The second-order valence-corrected chi connectivity index (χ2v) is 8.60. The topological polar surface area (TPSA) is 99.4 Å². The van der Waals surface area contributed by atoms with Gasteiger partial charge in [0.05, 0.1) is 48.7 Å². The Balaban J connectivity index is 1.73. The number of ether oxygens (including phenoxy) is 3. The molecule has 31 heavy (non-hydrogen) atoms. The second-order valence-electron chi connectivity index (χ2n) is 6.60. The van der Waals surface area contributed by atoms with Gasteiger partial charge in [-0.3, -0.25) is 14.4 Å². The molecular weight excluding hydrogens is 442 g/mol. The summed E-state index contributed by atoms with van der Waals surface area (Å²) in [6.07, 6.45) is 0. The van der Waals surface area contributed by atoms with Crippen molar-refractivity contribution in [2.24, 2.45) is 4.99 Å². The van der Waals surface area contributed by atoms with Crippen LogP contribution in [0, 0.1) is 0 Å². The summed E-state index contributed by atoms with van der Waals surface area (Å²) < 4.78 is 18.1. The molecule has 0 unspecified atom stereocenters. The van der Waals surface area contributed by atoms with Crippen molar-refractivity contribution >= 4 is 51.1 Å². The number of hydrogen-bond donors (Lipinski definition) is 0. The molecular formula is C20H25N3O6S2. The molecule has 1 aliphatic heterocycles. The lowest BCUT2D eigenvalue weighted by Crippen LogP contribution is -2.41. The van der Waals surface area contributed by atoms with Gasteiger partial charge in [0, 0.05) is 13.1 Å². The molecule has 9 nitrogen and oxygen atoms in total. The van der Waals surface area contributed by atoms with Crippen molar-refractivity contribution in [2.75, 3.05) is 51.5 Å². The molecule has 0 spiro atoms. The number of benzene rings is 1. The van der Waals surface area contributed by atoms with Gasteiger partial charge in [0.1, 0.15) is 12.3 Å². The highest BCUT2D eigenvalue weighted by Crippen LogP contribution is 2.23. The third-order valence-corrected chi connectivity index (χ3v) is 6.46. The zero-order valence-electron chi connectivity index (χ0n) is 17.5. The van der Waals surface area contributed by atoms with E-state index in [4.69, 9.17) is 14.2 Å². The summed E-state index contributed by atoms with van der Waals surface area (Å²) in [7, 11) is 1.31. The van der Waals surface area contributed by atoms with Crippen molar-refractivity contribution in [2.45, 2.75) is 13.5 Å². The highest BCUT2D eigenvalue weighted by Gasteiger charge is 2.17. The number of thiazole rings is 1. The lowest BCUT2D eigenvalue weighted by atomic mass is 10.3. The number of fused-ring (bicyclic) bond motifs is 1. The molecule has 11 heteroatoms. The molecule has 168 valence electrons. The van der Waals surface area contributed by atoms with Crippen LogP contribution in [0.3, 0.4) is 0 Å². The van der Waals surface area contributed by atoms with Gasteiger partial charge in [-0.25, -0.2) is 0 Å². The molecule has 0 radical (unpaired) electrons. The molecule has 1 saturated heterocycles. The van der Waals surface area contributed by atoms with Crippen LogP contribution in [0.1, 0.15) is 6.92 Å². The van der Waals surface area contributed by atoms with Gasteiger partial charge in [0.15, 0.2) is 4.80 Å². The minimum absolute atomic E-state index is 0.00725. The Kier molecular flexibility index (Phi) is 8.50. The average Bonchev–Trinajstić information content (AvgIpc) is 3.10. The van der Waals surface area contributed by atoms with Crippen LogP contribution in [0.15, 0.2) is 23.2 Å². The van der Waals surface area contributed by atoms with Gasteiger partial charge in [-0.05, 0) is 25.1 Å². The number of rotatable bonds is 8. The van der Waals surface area contributed by atoms with E-state index in [9.17, 15) is 14.4 Å². The molecule has 0 N–H and O–H groups in total. The normalized spacial score (nSPS) is 14.6. The molecule has 2 amide bonds. The molecule has 0 saturated carbocycles. The highest BCUT2D eigenvalue weighted by molar-refractivity contribution is 8.00. The summed E-state index contributed by atoms with van der Waals surface area (Å²) in [4.78, 5) is 42.9. The van der Waals surface area contributed by atoms with E-state index in [-0.39, 0.29) is 29.9 Å². The zero-order valence-corrected chi connectivity index (χ0v) is 19.1. The Morgan fingerprint density at radius 2 is 2.00 bits per heavy atom. The lowest BCUT2D eigenvalue weighted by Gasteiger charge is -2.26. The smallest absolute Gasteiger partial charge is 0.325 e. The van der Waals surface area contributed by atoms with E-state index in [1.54, 1.807) is 9.47 Å². The summed E-state index contributed by atoms with van der Waals surface area (Å²) >= 11 is 2.53. The Hall–Kier alpha value is -2.37. The summed E-state index contributed by atoms with van der Waals surface area (Å²) in [5.41, 5.74) is 0.764. The van der Waals surface area contributed by atoms with E-state index < -0.39 is 5.97 Å². The number of amides is 2. The Bertz CT molecular complexity index is 1010. The average molecular weight is 468 g/mol. The molecule has 2 heterocycles. The number of esters is 1. The maximum absolute atomic E-state index is 12.4. The van der Waals surface area contributed by atoms with Crippen molar-refractivity contribution in [3.8, 4) is 5.75 Å². The largest absolute Gasteiger partial charge is 0.494 e. The fraction of sp³-hybridized carbons (Fsp3) is 0.500. The van der Waals surface area contributed by atoms with E-state index in [0.717, 1.165) is 10.2 Å². The van der Waals surface area contributed by atoms with Crippen LogP contribution in [-0.4, -0.2) is 78.8 Å². The first-order chi connectivity index (χ1) is 15.0. The maximum Gasteiger partial charge on any atom is 0.325 e. The Morgan fingerprint density at radius 1 is 1.23 bits per heavy atom. The van der Waals surface area contributed by atoms with E-state index in [1.807, 2.05) is 25.1 Å². The van der Waals surface area contributed by atoms with Crippen LogP contribution in [0.4, 0.5) is 0 Å². The number of aromatic nitrogens is 1. The number of morpholine rings is 1. The molecule has 0 atom stereocenters. The second kappa shape index (κ2) is 11.3. The van der Waals surface area contributed by atoms with Crippen LogP contribution in [0.5, 0.6) is 5.75 Å². The highest BCUT2D eigenvalue weighted by atomic mass is 32.2. The zero-order chi connectivity index (χ0) is 22.2. The SMILES string of the molecule is CCOc1ccc2c(c1)sc(=NC(=O)CSCC(=O)N1CCOCC1)n2CC(=O)OC. The Morgan fingerprint density at radius 3 is 2.71 bits per heavy atom. The van der Waals surface area contributed by atoms with Gasteiger partial charge in [-0.15, -0.1) is 11.8 Å². The van der Waals surface area contributed by atoms with E-state index >= 15 is 0 Å². The minimum atomic E-state index is -0.437. The third-order valence-electron chi connectivity index (χ3n) is 4.52. The standard InChI is InChI=1S/C20H25N3O6S2/c1-3-29-14-4-5-15-16(10-14)31-20(23(15)11-19(26)27-2)21-17(24)12-30-13-18(25)22-6-8-28-9-7-22/h4-5,10H,3,6-9,11-13H2,1-2H3. The van der Waals surface area contributed by atoms with Crippen molar-refractivity contribution in [3.63, 3.8) is 0 Å². The van der Waals surface area contributed by atoms with Crippen LogP contribution in [0.25, 0.3) is 10.2 Å². The molecule has 3 rings (SSSR count). The number of carbonyl (C=O) groups is 3. The Labute approximate surface area is 188 Å². The van der Waals surface area contributed by atoms with Gasteiger partial charge < -0.3 is 23.7 Å². The summed E-state index contributed by atoms with van der Waals surface area (Å²) in [6.45, 7) is 4.63. The predicted octanol–water partition coefficient (Wildman–Crippen LogP) is 1.29. The molecule has 1 aromatic carbocycles. The third kappa shape index (κ3) is 6.31. The first kappa shape index (κ1) is 23.3. The minimum Gasteiger partial charge on any atom is -0.494 e. The molecule has 0 aliphatic carbocycles. The van der Waals surface area contributed by atoms with Crippen molar-refractivity contribution in [1.82, 2.24) is 9.47 Å². The fourth-order valence-corrected chi connectivity index (χ4v) is 4.78. The first-order valence-corrected chi connectivity index (χ1v) is 11.8. The summed E-state index contributed by atoms with van der Waals surface area (Å²) in [6, 6.07) is 5.50. The number of carbonyl (C=O) groups excluding carboxylic acids is 3. The van der Waals surface area contributed by atoms with Crippen molar-refractivity contribution < 1.29 is 28.6 Å². The van der Waals surface area contributed by atoms with E-state index in [1.165, 1.54) is 30.2 Å². The van der Waals surface area contributed by atoms with Gasteiger partial charge in [-0.2, -0.15) is 4.99 Å². The molecule has 1 fully saturated rings. The molecule has 1 aromatic heterocycles. The fourth-order valence-electron chi connectivity index (χ4n) is 3.01. The quantitative estimate of drug-likeness (QED) is 0.540. The van der Waals surface area contributed by atoms with E-state index in [0.29, 0.717) is 43.5 Å². The number of hydrogen-bond acceptors (Lipinski definition) is 8. The van der Waals surface area contributed by atoms with Gasteiger partial charge in [0.2, 0.25) is 5.91 Å². The van der Waals surface area contributed by atoms with Crippen molar-refractivity contribution in [3.05, 3.63) is 23.0 Å². The molecule has 2 aromatic rings. The van der Waals surface area contributed by atoms with Gasteiger partial charge >= 0.3 is 5.97 Å². The number of nitrogens with zero attached hydrogens (tertiary/aromatic N) is 3. The number of thioether (sulfide) groups is 1. The van der Waals surface area contributed by atoms with Crippen LogP contribution < -0.4 is 9.54 Å². The van der Waals surface area contributed by atoms with Crippen LogP contribution in [-0.2, 0) is 30.4 Å². The van der Waals surface area contributed by atoms with Crippen LogP contribution >= 0.6 is 23.1 Å². The molecule has 1 aliphatic rings. The predicted molar refractivity (Wildman–Crippen MR) is 118 cm³/mol. The summed E-state index contributed by atoms with van der Waals surface area (Å²) in [5, 5.41) is 0. The molecule has 0 bridgehead atoms.